The van der Waals surface area contributed by atoms with Gasteiger partial charge in [-0.05, 0) is 36.0 Å². The smallest absolute Gasteiger partial charge is 0.0679 e. The number of rotatable bonds is 5. The van der Waals surface area contributed by atoms with Crippen molar-refractivity contribution in [3.05, 3.63) is 65.2 Å². The highest BCUT2D eigenvalue weighted by Gasteiger charge is 2.27. The maximum atomic E-state index is 9.75. The average Bonchev–Trinajstić information content (AvgIpc) is 3.23. The summed E-state index contributed by atoms with van der Waals surface area (Å²) in [5, 5.41) is 9.75. The Balaban J connectivity index is 1.61. The molecule has 2 atom stereocenters. The van der Waals surface area contributed by atoms with Crippen molar-refractivity contribution in [1.29, 1.82) is 0 Å². The highest BCUT2D eigenvalue weighted by atomic mass is 16.3. The van der Waals surface area contributed by atoms with Gasteiger partial charge in [-0.3, -0.25) is 9.97 Å². The summed E-state index contributed by atoms with van der Waals surface area (Å²) in [6.45, 7) is 5.09. The highest BCUT2D eigenvalue weighted by molar-refractivity contribution is 5.80. The number of aliphatic hydroxyl groups is 1. The molecule has 4 nitrogen and oxygen atoms in total. The van der Waals surface area contributed by atoms with Crippen LogP contribution in [-0.2, 0) is 6.42 Å². The number of likely N-dealkylation sites (tertiary alicyclic amines) is 1. The van der Waals surface area contributed by atoms with E-state index in [0.717, 1.165) is 44.6 Å². The quantitative estimate of drug-likeness (QED) is 0.912. The van der Waals surface area contributed by atoms with Gasteiger partial charge in [0.15, 0.2) is 0 Å². The van der Waals surface area contributed by atoms with Crippen molar-refractivity contribution >= 4 is 5.57 Å². The predicted octanol–water partition coefficient (Wildman–Crippen LogP) is 3.05. The van der Waals surface area contributed by atoms with Gasteiger partial charge in [-0.1, -0.05) is 36.8 Å². The summed E-state index contributed by atoms with van der Waals surface area (Å²) in [5.74, 6) is 0.247. The van der Waals surface area contributed by atoms with Gasteiger partial charge < -0.3 is 10.0 Å². The van der Waals surface area contributed by atoms with Crippen LogP contribution in [0.3, 0.4) is 0 Å². The maximum Gasteiger partial charge on any atom is 0.0679 e. The van der Waals surface area contributed by atoms with Crippen molar-refractivity contribution in [2.75, 3.05) is 19.6 Å². The zero-order valence-electron chi connectivity index (χ0n) is 14.7. The first-order chi connectivity index (χ1) is 12.2. The van der Waals surface area contributed by atoms with Crippen LogP contribution < -0.4 is 0 Å². The standard InChI is InChI=1S/C21H25N3O/c1-15(20-13-22-8-9-23-20)21-17(6-10-24-11-7-18(25)14-24)12-16-4-2-3-5-19(16)21/h2-5,8-9,13,15,18,25H,6-7,10-12,14H2,1H3. The third-order valence-corrected chi connectivity index (χ3v) is 5.53. The first-order valence-electron chi connectivity index (χ1n) is 9.19. The molecule has 0 bridgehead atoms. The Morgan fingerprint density at radius 3 is 2.92 bits per heavy atom. The fourth-order valence-electron chi connectivity index (χ4n) is 4.21. The number of hydrogen-bond acceptors (Lipinski definition) is 4. The monoisotopic (exact) mass is 335 g/mol. The molecule has 1 aromatic carbocycles. The van der Waals surface area contributed by atoms with Gasteiger partial charge in [0.05, 0.1) is 11.8 Å². The van der Waals surface area contributed by atoms with E-state index in [1.54, 1.807) is 12.4 Å². The van der Waals surface area contributed by atoms with Crippen LogP contribution in [0.15, 0.2) is 48.4 Å². The molecular weight excluding hydrogens is 310 g/mol. The van der Waals surface area contributed by atoms with Crippen molar-refractivity contribution in [1.82, 2.24) is 14.9 Å². The number of hydrogen-bond donors (Lipinski definition) is 1. The van der Waals surface area contributed by atoms with E-state index in [-0.39, 0.29) is 12.0 Å². The molecule has 1 N–H and O–H groups in total. The lowest BCUT2D eigenvalue weighted by Crippen LogP contribution is -2.23. The van der Waals surface area contributed by atoms with Gasteiger partial charge in [-0.15, -0.1) is 0 Å². The number of allylic oxidation sites excluding steroid dienone is 1. The second-order valence-corrected chi connectivity index (χ2v) is 7.20. The molecular formula is C21H25N3O. The molecule has 130 valence electrons. The van der Waals surface area contributed by atoms with Crippen LogP contribution in [0.4, 0.5) is 0 Å². The van der Waals surface area contributed by atoms with E-state index in [1.807, 2.05) is 6.20 Å². The van der Waals surface area contributed by atoms with Crippen LogP contribution in [-0.4, -0.2) is 45.7 Å². The van der Waals surface area contributed by atoms with Gasteiger partial charge in [-0.25, -0.2) is 0 Å². The first kappa shape index (κ1) is 16.4. The lowest BCUT2D eigenvalue weighted by atomic mass is 9.90. The fraction of sp³-hybridized carbons (Fsp3) is 0.429. The number of benzene rings is 1. The van der Waals surface area contributed by atoms with Gasteiger partial charge in [-0.2, -0.15) is 0 Å². The van der Waals surface area contributed by atoms with Gasteiger partial charge in [0.2, 0.25) is 0 Å². The molecule has 0 amide bonds. The van der Waals surface area contributed by atoms with Crippen molar-refractivity contribution in [3.63, 3.8) is 0 Å². The van der Waals surface area contributed by atoms with Gasteiger partial charge >= 0.3 is 0 Å². The summed E-state index contributed by atoms with van der Waals surface area (Å²) in [5.41, 5.74) is 6.77. The van der Waals surface area contributed by atoms with E-state index < -0.39 is 0 Å². The van der Waals surface area contributed by atoms with Gasteiger partial charge in [0.1, 0.15) is 0 Å². The molecule has 0 radical (unpaired) electrons. The molecule has 1 fully saturated rings. The molecule has 2 unspecified atom stereocenters. The minimum Gasteiger partial charge on any atom is -0.392 e. The van der Waals surface area contributed by atoms with Gasteiger partial charge in [0.25, 0.3) is 0 Å². The minimum atomic E-state index is -0.146. The van der Waals surface area contributed by atoms with Crippen molar-refractivity contribution in [2.24, 2.45) is 0 Å². The SMILES string of the molecule is CC(C1=C(CCN2CCC(O)C2)Cc2ccccc21)c1cnccn1. The topological polar surface area (TPSA) is 49.2 Å². The summed E-state index contributed by atoms with van der Waals surface area (Å²) in [6.07, 6.45) is 8.24. The van der Waals surface area contributed by atoms with Crippen LogP contribution in [0.5, 0.6) is 0 Å². The van der Waals surface area contributed by atoms with Crippen molar-refractivity contribution < 1.29 is 5.11 Å². The molecule has 0 spiro atoms. The summed E-state index contributed by atoms with van der Waals surface area (Å²) < 4.78 is 0. The van der Waals surface area contributed by atoms with Crippen LogP contribution in [0, 0.1) is 0 Å². The second kappa shape index (κ2) is 7.06. The van der Waals surface area contributed by atoms with E-state index in [1.165, 1.54) is 22.3 Å². The van der Waals surface area contributed by atoms with Crippen LogP contribution >= 0.6 is 0 Å². The van der Waals surface area contributed by atoms with E-state index in [2.05, 4.69) is 46.1 Å². The van der Waals surface area contributed by atoms with E-state index in [9.17, 15) is 5.11 Å². The van der Waals surface area contributed by atoms with E-state index in [0.29, 0.717) is 0 Å². The molecule has 4 heteroatoms. The van der Waals surface area contributed by atoms with Crippen molar-refractivity contribution in [2.45, 2.75) is 38.2 Å². The predicted molar refractivity (Wildman–Crippen MR) is 99.2 cm³/mol. The van der Waals surface area contributed by atoms with Crippen LogP contribution in [0.2, 0.25) is 0 Å². The Hall–Kier alpha value is -2.04. The molecule has 2 aliphatic rings. The Morgan fingerprint density at radius 1 is 1.28 bits per heavy atom. The Morgan fingerprint density at radius 2 is 2.16 bits per heavy atom. The summed E-state index contributed by atoms with van der Waals surface area (Å²) in [7, 11) is 0. The van der Waals surface area contributed by atoms with E-state index >= 15 is 0 Å². The second-order valence-electron chi connectivity index (χ2n) is 7.20. The van der Waals surface area contributed by atoms with Crippen LogP contribution in [0.25, 0.3) is 5.57 Å². The lowest BCUT2D eigenvalue weighted by molar-refractivity contribution is 0.177. The molecule has 1 aromatic heterocycles. The Bertz CT molecular complexity index is 772. The third kappa shape index (κ3) is 3.37. The highest BCUT2D eigenvalue weighted by Crippen LogP contribution is 2.42. The largest absolute Gasteiger partial charge is 0.392 e. The minimum absolute atomic E-state index is 0.146. The zero-order chi connectivity index (χ0) is 17.2. The fourth-order valence-corrected chi connectivity index (χ4v) is 4.21. The lowest BCUT2D eigenvalue weighted by Gasteiger charge is -2.19. The molecule has 0 saturated carbocycles. The number of aliphatic hydroxyl groups excluding tert-OH is 1. The summed E-state index contributed by atoms with van der Waals surface area (Å²) in [4.78, 5) is 11.2. The normalized spacial score (nSPS) is 21.6. The summed E-state index contributed by atoms with van der Waals surface area (Å²) in [6, 6.07) is 8.74. The van der Waals surface area contributed by atoms with Crippen LogP contribution in [0.1, 0.15) is 42.5 Å². The maximum absolute atomic E-state index is 9.75. The molecule has 4 rings (SSSR count). The average molecular weight is 335 g/mol. The molecule has 1 saturated heterocycles. The number of β-amino-alcohol motifs (C(OH)–C–C–N with tert-alkyl or cyclic N) is 1. The molecule has 1 aliphatic carbocycles. The Kier molecular flexibility index (Phi) is 4.64. The van der Waals surface area contributed by atoms with Crippen molar-refractivity contribution in [3.8, 4) is 0 Å². The molecule has 25 heavy (non-hydrogen) atoms. The third-order valence-electron chi connectivity index (χ3n) is 5.53. The zero-order valence-corrected chi connectivity index (χ0v) is 14.7. The number of aromatic nitrogens is 2. The number of nitrogens with zero attached hydrogens (tertiary/aromatic N) is 3. The molecule has 1 aliphatic heterocycles. The molecule has 2 aromatic rings. The number of fused-ring (bicyclic) bond motifs is 1. The summed E-state index contributed by atoms with van der Waals surface area (Å²) >= 11 is 0. The van der Waals surface area contributed by atoms with Gasteiger partial charge in [0, 0.05) is 44.1 Å². The first-order valence-corrected chi connectivity index (χ1v) is 9.19. The molecule has 2 heterocycles. The van der Waals surface area contributed by atoms with E-state index in [4.69, 9.17) is 0 Å². The Labute approximate surface area is 149 Å².